The minimum atomic E-state index is -0.571. The minimum Gasteiger partial charge on any atom is -0.461 e. The van der Waals surface area contributed by atoms with Crippen LogP contribution in [0.3, 0.4) is 0 Å². The maximum atomic E-state index is 13.5. The Morgan fingerprint density at radius 2 is 1.89 bits per heavy atom. The Labute approximate surface area is 168 Å². The van der Waals surface area contributed by atoms with E-state index in [9.17, 15) is 9.59 Å². The third-order valence-electron chi connectivity index (χ3n) is 4.72. The molecule has 1 atom stereocenters. The van der Waals surface area contributed by atoms with E-state index in [0.29, 0.717) is 6.54 Å². The van der Waals surface area contributed by atoms with Gasteiger partial charge in [-0.15, -0.1) is 11.8 Å². The van der Waals surface area contributed by atoms with Crippen LogP contribution in [0.4, 0.5) is 11.4 Å². The number of esters is 1. The third-order valence-corrected chi connectivity index (χ3v) is 5.76. The fourth-order valence-electron chi connectivity index (χ4n) is 3.44. The van der Waals surface area contributed by atoms with E-state index in [2.05, 4.69) is 5.10 Å². The van der Waals surface area contributed by atoms with Gasteiger partial charge in [-0.1, -0.05) is 30.3 Å². The molecule has 0 fully saturated rings. The van der Waals surface area contributed by atoms with Gasteiger partial charge in [0.15, 0.2) is 0 Å². The van der Waals surface area contributed by atoms with Crippen LogP contribution >= 0.6 is 11.8 Å². The van der Waals surface area contributed by atoms with E-state index in [1.54, 1.807) is 23.7 Å². The summed E-state index contributed by atoms with van der Waals surface area (Å²) in [7, 11) is 0. The van der Waals surface area contributed by atoms with Crippen LogP contribution < -0.4 is 9.91 Å². The molecule has 1 unspecified atom stereocenters. The van der Waals surface area contributed by atoms with Gasteiger partial charge in [0.25, 0.3) is 5.91 Å². The number of thioether (sulfide) groups is 1. The van der Waals surface area contributed by atoms with Gasteiger partial charge in [0.1, 0.15) is 11.8 Å². The summed E-state index contributed by atoms with van der Waals surface area (Å²) in [5, 5.41) is 6.10. The number of amides is 1. The lowest BCUT2D eigenvalue weighted by Crippen LogP contribution is -2.47. The maximum Gasteiger partial charge on any atom is 0.354 e. The number of nitrogens with zero attached hydrogens (tertiary/aromatic N) is 3. The van der Waals surface area contributed by atoms with Crippen LogP contribution in [0.1, 0.15) is 13.3 Å². The molecule has 0 N–H and O–H groups in total. The molecule has 2 aromatic carbocycles. The van der Waals surface area contributed by atoms with Crippen molar-refractivity contribution in [2.75, 3.05) is 28.8 Å². The molecular formula is C21H21N3O3S. The van der Waals surface area contributed by atoms with Gasteiger partial charge in [0.2, 0.25) is 0 Å². The van der Waals surface area contributed by atoms with Crippen LogP contribution in [0.2, 0.25) is 0 Å². The molecule has 2 aliphatic rings. The Bertz CT molecular complexity index is 916. The smallest absolute Gasteiger partial charge is 0.354 e. The van der Waals surface area contributed by atoms with Crippen molar-refractivity contribution in [3.63, 3.8) is 0 Å². The molecule has 2 heterocycles. The summed E-state index contributed by atoms with van der Waals surface area (Å²) in [6.07, 6.45) is 0.234. The average molecular weight is 395 g/mol. The normalized spacial score (nSPS) is 18.5. The SMILES string of the molecule is CCOC(=O)C1=NN(c2ccccc2)C(C(=O)N2CCSc3ccccc32)C1. The van der Waals surface area contributed by atoms with Crippen molar-refractivity contribution in [1.82, 2.24) is 0 Å². The van der Waals surface area contributed by atoms with Crippen molar-refractivity contribution in [2.24, 2.45) is 5.10 Å². The van der Waals surface area contributed by atoms with E-state index in [1.807, 2.05) is 59.5 Å². The number of para-hydroxylation sites is 2. The maximum absolute atomic E-state index is 13.5. The van der Waals surface area contributed by atoms with Crippen LogP contribution in [0.25, 0.3) is 0 Å². The quantitative estimate of drug-likeness (QED) is 0.743. The Balaban J connectivity index is 1.66. The molecule has 1 amide bonds. The summed E-state index contributed by atoms with van der Waals surface area (Å²) in [6.45, 7) is 2.67. The van der Waals surface area contributed by atoms with Crippen LogP contribution in [0, 0.1) is 0 Å². The van der Waals surface area contributed by atoms with Gasteiger partial charge in [-0.2, -0.15) is 5.10 Å². The van der Waals surface area contributed by atoms with Crippen LogP contribution in [-0.2, 0) is 14.3 Å². The van der Waals surface area contributed by atoms with E-state index >= 15 is 0 Å². The second-order valence-electron chi connectivity index (χ2n) is 6.47. The van der Waals surface area contributed by atoms with Crippen molar-refractivity contribution in [3.8, 4) is 0 Å². The van der Waals surface area contributed by atoms with Gasteiger partial charge in [-0.25, -0.2) is 4.79 Å². The zero-order chi connectivity index (χ0) is 19.5. The van der Waals surface area contributed by atoms with E-state index in [4.69, 9.17) is 4.74 Å². The summed E-state index contributed by atoms with van der Waals surface area (Å²) in [5.74, 6) is 0.319. The molecular weight excluding hydrogens is 374 g/mol. The monoisotopic (exact) mass is 395 g/mol. The summed E-state index contributed by atoms with van der Waals surface area (Å²) < 4.78 is 5.12. The van der Waals surface area contributed by atoms with Crippen LogP contribution in [0.15, 0.2) is 64.6 Å². The molecule has 28 heavy (non-hydrogen) atoms. The number of ether oxygens (including phenoxy) is 1. The van der Waals surface area contributed by atoms with Gasteiger partial charge in [0, 0.05) is 23.6 Å². The topological polar surface area (TPSA) is 62.2 Å². The first-order valence-electron chi connectivity index (χ1n) is 9.31. The van der Waals surface area contributed by atoms with Gasteiger partial charge in [-0.3, -0.25) is 9.80 Å². The Morgan fingerprint density at radius 1 is 1.14 bits per heavy atom. The number of benzene rings is 2. The number of rotatable bonds is 4. The summed E-state index contributed by atoms with van der Waals surface area (Å²) in [4.78, 5) is 28.7. The van der Waals surface area contributed by atoms with Crippen molar-refractivity contribution in [3.05, 3.63) is 54.6 Å². The molecule has 7 heteroatoms. The average Bonchev–Trinajstić information content (AvgIpc) is 3.19. The van der Waals surface area contributed by atoms with Gasteiger partial charge >= 0.3 is 5.97 Å². The zero-order valence-corrected chi connectivity index (χ0v) is 16.4. The first kappa shape index (κ1) is 18.6. The number of carbonyl (C=O) groups is 2. The summed E-state index contributed by atoms with van der Waals surface area (Å²) in [5.41, 5.74) is 1.98. The second-order valence-corrected chi connectivity index (χ2v) is 7.61. The molecule has 2 aromatic rings. The third kappa shape index (κ3) is 3.49. The van der Waals surface area contributed by atoms with Crippen molar-refractivity contribution in [1.29, 1.82) is 0 Å². The van der Waals surface area contributed by atoms with E-state index < -0.39 is 12.0 Å². The molecule has 4 rings (SSSR count). The summed E-state index contributed by atoms with van der Waals surface area (Å²) in [6, 6.07) is 16.8. The largest absolute Gasteiger partial charge is 0.461 e. The lowest BCUT2D eigenvalue weighted by molar-refractivity contribution is -0.135. The van der Waals surface area contributed by atoms with Crippen molar-refractivity contribution >= 4 is 40.7 Å². The Morgan fingerprint density at radius 3 is 2.68 bits per heavy atom. The highest BCUT2D eigenvalue weighted by Gasteiger charge is 2.40. The zero-order valence-electron chi connectivity index (χ0n) is 15.6. The highest BCUT2D eigenvalue weighted by Crippen LogP contribution is 2.36. The predicted octanol–water partition coefficient (Wildman–Crippen LogP) is 3.32. The van der Waals surface area contributed by atoms with Gasteiger partial charge in [0.05, 0.1) is 18.0 Å². The molecule has 0 saturated heterocycles. The Kier molecular flexibility index (Phi) is 5.34. The highest BCUT2D eigenvalue weighted by atomic mass is 32.2. The molecule has 0 aliphatic carbocycles. The van der Waals surface area contributed by atoms with Crippen molar-refractivity contribution in [2.45, 2.75) is 24.3 Å². The lowest BCUT2D eigenvalue weighted by atomic mass is 10.1. The van der Waals surface area contributed by atoms with Crippen LogP contribution in [-0.4, -0.2) is 42.5 Å². The molecule has 6 nitrogen and oxygen atoms in total. The number of carbonyl (C=O) groups excluding carboxylic acids is 2. The number of hydrogen-bond donors (Lipinski definition) is 0. The second kappa shape index (κ2) is 8.06. The number of fused-ring (bicyclic) bond motifs is 1. The summed E-state index contributed by atoms with van der Waals surface area (Å²) >= 11 is 1.75. The Hall–Kier alpha value is -2.80. The first-order chi connectivity index (χ1) is 13.7. The fourth-order valence-corrected chi connectivity index (χ4v) is 4.43. The minimum absolute atomic E-state index is 0.0559. The van der Waals surface area contributed by atoms with E-state index in [-0.39, 0.29) is 24.6 Å². The lowest BCUT2D eigenvalue weighted by Gasteiger charge is -2.33. The predicted molar refractivity (Wildman–Crippen MR) is 111 cm³/mol. The van der Waals surface area contributed by atoms with E-state index in [1.165, 1.54) is 0 Å². The molecule has 0 spiro atoms. The standard InChI is InChI=1S/C21H21N3O3S/c1-2-27-21(26)16-14-18(24(22-16)15-8-4-3-5-9-15)20(25)23-12-13-28-19-11-7-6-10-17(19)23/h3-11,18H,2,12-14H2,1H3. The van der Waals surface area contributed by atoms with E-state index in [0.717, 1.165) is 22.0 Å². The van der Waals surface area contributed by atoms with Gasteiger partial charge < -0.3 is 9.64 Å². The molecule has 0 bridgehead atoms. The first-order valence-corrected chi connectivity index (χ1v) is 10.3. The molecule has 0 radical (unpaired) electrons. The number of hydrazone groups is 1. The number of anilines is 2. The van der Waals surface area contributed by atoms with Gasteiger partial charge in [-0.05, 0) is 31.2 Å². The molecule has 144 valence electrons. The van der Waals surface area contributed by atoms with Crippen molar-refractivity contribution < 1.29 is 14.3 Å². The number of hydrogen-bond acceptors (Lipinski definition) is 6. The molecule has 0 aromatic heterocycles. The molecule has 0 saturated carbocycles. The fraction of sp³-hybridized carbons (Fsp3) is 0.286. The molecule has 2 aliphatic heterocycles. The van der Waals surface area contributed by atoms with Crippen LogP contribution in [0.5, 0.6) is 0 Å². The highest BCUT2D eigenvalue weighted by molar-refractivity contribution is 7.99.